The number of benzene rings is 2. The van der Waals surface area contributed by atoms with Crippen LogP contribution in [0, 0.1) is 0 Å². The molecule has 1 fully saturated rings. The summed E-state index contributed by atoms with van der Waals surface area (Å²) in [5.41, 5.74) is 3.78. The summed E-state index contributed by atoms with van der Waals surface area (Å²) in [6.07, 6.45) is 10.7. The van der Waals surface area contributed by atoms with E-state index >= 15 is 0 Å². The fourth-order valence-corrected chi connectivity index (χ4v) is 6.04. The van der Waals surface area contributed by atoms with Crippen LogP contribution in [0.4, 0.5) is 0 Å². The molecule has 238 valence electrons. The molecule has 2 N–H and O–H groups in total. The van der Waals surface area contributed by atoms with Crippen LogP contribution in [0.1, 0.15) is 63.0 Å². The summed E-state index contributed by atoms with van der Waals surface area (Å²) in [5, 5.41) is 15.6. The third kappa shape index (κ3) is 11.7. The first kappa shape index (κ1) is 34.7. The second-order valence-electron chi connectivity index (χ2n) is 10.6. The molecular weight excluding hydrogens is 580 g/mol. The fraction of sp³-hybridized carbons (Fsp3) is 0.441. The van der Waals surface area contributed by atoms with Crippen molar-refractivity contribution >= 4 is 41.4 Å². The Morgan fingerprint density at radius 2 is 1.59 bits per heavy atom. The van der Waals surface area contributed by atoms with Gasteiger partial charge in [0.1, 0.15) is 5.75 Å². The molecule has 2 aliphatic heterocycles. The van der Waals surface area contributed by atoms with Crippen molar-refractivity contribution in [2.45, 2.75) is 61.7 Å². The molecule has 0 radical (unpaired) electrons. The standard InChI is InChI=1S/C30H40N2O3S.C4H4O4/c1-3-4-5-6-7-13-30(33)35-21-10-16-31-17-19-32(20-18-31)27-22-24-11-8-9-12-28(24)36-29-15-14-25(34-2)23-26(27)29;5-3(6)1-2-4(7)8/h8-9,11-12,14-15,22-23H,3-7,10,13,16-21H2,1-2H3;1-2H,(H,5,6)(H,7,8). The van der Waals surface area contributed by atoms with Crippen LogP contribution in [0.2, 0.25) is 0 Å². The van der Waals surface area contributed by atoms with E-state index in [4.69, 9.17) is 19.7 Å². The molecule has 0 unspecified atom stereocenters. The number of carbonyl (C=O) groups is 3. The molecule has 9 nitrogen and oxygen atoms in total. The first-order valence-electron chi connectivity index (χ1n) is 15.2. The van der Waals surface area contributed by atoms with E-state index in [2.05, 4.69) is 65.3 Å². The molecule has 0 atom stereocenters. The minimum absolute atomic E-state index is 0.0381. The van der Waals surface area contributed by atoms with Crippen LogP contribution >= 0.6 is 11.8 Å². The number of ether oxygens (including phenoxy) is 2. The Labute approximate surface area is 264 Å². The maximum Gasteiger partial charge on any atom is 0.328 e. The normalized spacial score (nSPS) is 14.4. The Morgan fingerprint density at radius 1 is 0.886 bits per heavy atom. The second-order valence-corrected chi connectivity index (χ2v) is 11.7. The quantitative estimate of drug-likeness (QED) is 0.141. The van der Waals surface area contributed by atoms with Crippen LogP contribution in [0.3, 0.4) is 0 Å². The maximum absolute atomic E-state index is 11.9. The first-order chi connectivity index (χ1) is 21.3. The lowest BCUT2D eigenvalue weighted by atomic mass is 10.1. The van der Waals surface area contributed by atoms with Gasteiger partial charge in [0.15, 0.2) is 0 Å². The molecule has 4 rings (SSSR count). The van der Waals surface area contributed by atoms with Crippen LogP contribution in [0.25, 0.3) is 11.8 Å². The van der Waals surface area contributed by atoms with Gasteiger partial charge >= 0.3 is 17.9 Å². The second kappa shape index (κ2) is 18.8. The number of carboxylic acids is 2. The Kier molecular flexibility index (Phi) is 14.8. The number of rotatable bonds is 14. The van der Waals surface area contributed by atoms with Gasteiger partial charge in [0.2, 0.25) is 0 Å². The highest BCUT2D eigenvalue weighted by Gasteiger charge is 2.24. The zero-order valence-electron chi connectivity index (χ0n) is 25.7. The number of carbonyl (C=O) groups excluding carboxylic acids is 1. The van der Waals surface area contributed by atoms with Crippen molar-refractivity contribution in [3.63, 3.8) is 0 Å². The summed E-state index contributed by atoms with van der Waals surface area (Å²) in [7, 11) is 1.73. The number of methoxy groups -OCH3 is 1. The van der Waals surface area contributed by atoms with Crippen molar-refractivity contribution in [3.05, 3.63) is 65.7 Å². The number of fused-ring (bicyclic) bond motifs is 2. The van der Waals surface area contributed by atoms with Crippen LogP contribution < -0.4 is 4.74 Å². The molecule has 0 aromatic heterocycles. The van der Waals surface area contributed by atoms with E-state index in [1.165, 1.54) is 45.9 Å². The van der Waals surface area contributed by atoms with Gasteiger partial charge in [0.05, 0.1) is 13.7 Å². The number of unbranched alkanes of at least 4 members (excludes halogenated alkanes) is 4. The highest BCUT2D eigenvalue weighted by atomic mass is 32.2. The zero-order valence-corrected chi connectivity index (χ0v) is 26.5. The minimum atomic E-state index is -1.26. The van der Waals surface area contributed by atoms with Gasteiger partial charge < -0.3 is 24.6 Å². The van der Waals surface area contributed by atoms with Crippen molar-refractivity contribution in [2.24, 2.45) is 0 Å². The van der Waals surface area contributed by atoms with Crippen LogP contribution in [0.15, 0.2) is 64.4 Å². The Balaban J connectivity index is 0.000000583. The van der Waals surface area contributed by atoms with E-state index in [-0.39, 0.29) is 5.97 Å². The molecule has 0 aliphatic carbocycles. The predicted molar refractivity (Wildman–Crippen MR) is 173 cm³/mol. The van der Waals surface area contributed by atoms with Gasteiger partial charge in [-0.2, -0.15) is 0 Å². The number of nitrogens with zero attached hydrogens (tertiary/aromatic N) is 2. The Morgan fingerprint density at radius 3 is 2.27 bits per heavy atom. The smallest absolute Gasteiger partial charge is 0.328 e. The van der Waals surface area contributed by atoms with Gasteiger partial charge in [-0.05, 0) is 48.7 Å². The van der Waals surface area contributed by atoms with Gasteiger partial charge in [0.25, 0.3) is 0 Å². The summed E-state index contributed by atoms with van der Waals surface area (Å²) in [6.45, 7) is 7.69. The number of piperazine rings is 1. The number of carboxylic acid groups (broad SMARTS) is 2. The number of esters is 1. The van der Waals surface area contributed by atoms with Crippen molar-refractivity contribution in [1.82, 2.24) is 9.80 Å². The summed E-state index contributed by atoms with van der Waals surface area (Å²) in [4.78, 5) is 38.6. The highest BCUT2D eigenvalue weighted by Crippen LogP contribution is 2.42. The molecule has 1 saturated heterocycles. The molecule has 0 spiro atoms. The topological polar surface area (TPSA) is 117 Å². The molecule has 0 saturated carbocycles. The van der Waals surface area contributed by atoms with Crippen LogP contribution in [-0.4, -0.2) is 84.4 Å². The lowest BCUT2D eigenvalue weighted by molar-refractivity contribution is -0.144. The van der Waals surface area contributed by atoms with Crippen molar-refractivity contribution in [2.75, 3.05) is 46.4 Å². The number of aliphatic carboxylic acids is 2. The van der Waals surface area contributed by atoms with Gasteiger partial charge in [-0.1, -0.05) is 62.6 Å². The molecule has 2 aromatic rings. The molecule has 10 heteroatoms. The van der Waals surface area contributed by atoms with Gasteiger partial charge in [-0.25, -0.2) is 9.59 Å². The lowest BCUT2D eigenvalue weighted by Crippen LogP contribution is -2.45. The molecule has 2 aromatic carbocycles. The lowest BCUT2D eigenvalue weighted by Gasteiger charge is -2.37. The van der Waals surface area contributed by atoms with E-state index in [1.54, 1.807) is 7.11 Å². The molecule has 0 amide bonds. The van der Waals surface area contributed by atoms with Gasteiger partial charge in [-0.3, -0.25) is 9.69 Å². The van der Waals surface area contributed by atoms with E-state index in [0.717, 1.165) is 57.7 Å². The van der Waals surface area contributed by atoms with Gasteiger partial charge in [-0.15, -0.1) is 0 Å². The monoisotopic (exact) mass is 624 g/mol. The molecule has 2 heterocycles. The van der Waals surface area contributed by atoms with Gasteiger partial charge in [0, 0.05) is 72.3 Å². The largest absolute Gasteiger partial charge is 0.497 e. The third-order valence-corrected chi connectivity index (χ3v) is 8.51. The van der Waals surface area contributed by atoms with E-state index in [9.17, 15) is 14.4 Å². The predicted octanol–water partition coefficient (Wildman–Crippen LogP) is 6.28. The number of hydrogen-bond donors (Lipinski definition) is 2. The minimum Gasteiger partial charge on any atom is -0.497 e. The van der Waals surface area contributed by atoms with E-state index < -0.39 is 11.9 Å². The highest BCUT2D eigenvalue weighted by molar-refractivity contribution is 7.99. The first-order valence-corrected chi connectivity index (χ1v) is 16.1. The molecular formula is C34H44N2O7S. The van der Waals surface area contributed by atoms with Crippen LogP contribution in [-0.2, 0) is 19.1 Å². The van der Waals surface area contributed by atoms with Crippen molar-refractivity contribution in [3.8, 4) is 5.75 Å². The third-order valence-electron chi connectivity index (χ3n) is 7.34. The summed E-state index contributed by atoms with van der Waals surface area (Å²) in [6, 6.07) is 15.0. The summed E-state index contributed by atoms with van der Waals surface area (Å²) in [5.74, 6) is -1.66. The van der Waals surface area contributed by atoms with E-state index in [0.29, 0.717) is 25.2 Å². The number of hydrogen-bond acceptors (Lipinski definition) is 8. The van der Waals surface area contributed by atoms with Crippen molar-refractivity contribution in [1.29, 1.82) is 0 Å². The zero-order chi connectivity index (χ0) is 31.7. The Bertz CT molecular complexity index is 1290. The maximum atomic E-state index is 11.9. The fourth-order valence-electron chi connectivity index (χ4n) is 5.00. The molecule has 0 bridgehead atoms. The summed E-state index contributed by atoms with van der Waals surface area (Å²) < 4.78 is 11.0. The molecule has 2 aliphatic rings. The van der Waals surface area contributed by atoms with E-state index in [1.807, 2.05) is 11.8 Å². The average molecular weight is 625 g/mol. The molecule has 44 heavy (non-hydrogen) atoms. The average Bonchev–Trinajstić information content (AvgIpc) is 3.19. The Hall–Kier alpha value is -3.76. The SMILES string of the molecule is CCCCCCCC(=O)OCCCN1CCN(C2=Cc3ccccc3Sc3ccc(OC)cc32)CC1.O=C(O)C=CC(=O)O. The summed E-state index contributed by atoms with van der Waals surface area (Å²) >= 11 is 1.83. The van der Waals surface area contributed by atoms with Crippen molar-refractivity contribution < 1.29 is 34.1 Å². The van der Waals surface area contributed by atoms with Crippen LogP contribution in [0.5, 0.6) is 5.75 Å².